The first kappa shape index (κ1) is 15.9. The standard InChI is InChI=1S/C15H15ClF3NO/c1-2-8-20-13(12-7-9-21-14(12)16)10-3-5-11(6-4-10)15(17,18)19/h3-7,9,13,20H,2,8H2,1H3. The zero-order valence-corrected chi connectivity index (χ0v) is 12.1. The molecule has 114 valence electrons. The molecule has 1 N–H and O–H groups in total. The molecule has 0 amide bonds. The molecule has 0 aliphatic heterocycles. The lowest BCUT2D eigenvalue weighted by Crippen LogP contribution is -2.23. The first-order valence-corrected chi connectivity index (χ1v) is 6.94. The van der Waals surface area contributed by atoms with Gasteiger partial charge in [0.1, 0.15) is 0 Å². The Morgan fingerprint density at radius 3 is 2.33 bits per heavy atom. The van der Waals surface area contributed by atoms with Crippen molar-refractivity contribution in [1.29, 1.82) is 0 Å². The molecule has 0 saturated heterocycles. The molecule has 0 aliphatic carbocycles. The summed E-state index contributed by atoms with van der Waals surface area (Å²) in [7, 11) is 0. The number of hydrogen-bond donors (Lipinski definition) is 1. The van der Waals surface area contributed by atoms with Crippen molar-refractivity contribution in [3.63, 3.8) is 0 Å². The van der Waals surface area contributed by atoms with E-state index in [1.807, 2.05) is 6.92 Å². The Kier molecular flexibility index (Phi) is 4.96. The van der Waals surface area contributed by atoms with Crippen molar-refractivity contribution in [3.8, 4) is 0 Å². The summed E-state index contributed by atoms with van der Waals surface area (Å²) >= 11 is 5.98. The second-order valence-corrected chi connectivity index (χ2v) is 5.00. The van der Waals surface area contributed by atoms with Crippen molar-refractivity contribution >= 4 is 11.6 Å². The van der Waals surface area contributed by atoms with Crippen LogP contribution in [0.1, 0.15) is 36.1 Å². The number of hydrogen-bond acceptors (Lipinski definition) is 2. The van der Waals surface area contributed by atoms with Gasteiger partial charge in [-0.05, 0) is 48.3 Å². The van der Waals surface area contributed by atoms with Gasteiger partial charge in [-0.2, -0.15) is 13.2 Å². The Labute approximate surface area is 125 Å². The molecule has 0 radical (unpaired) electrons. The fourth-order valence-corrected chi connectivity index (χ4v) is 2.29. The van der Waals surface area contributed by atoms with E-state index in [0.29, 0.717) is 17.7 Å². The molecule has 2 nitrogen and oxygen atoms in total. The van der Waals surface area contributed by atoms with Gasteiger partial charge in [-0.25, -0.2) is 0 Å². The predicted octanol–water partition coefficient (Wildman–Crippen LogP) is 5.04. The highest BCUT2D eigenvalue weighted by molar-refractivity contribution is 6.29. The number of benzene rings is 1. The molecule has 1 unspecified atom stereocenters. The molecule has 0 aliphatic rings. The van der Waals surface area contributed by atoms with E-state index in [9.17, 15) is 13.2 Å². The van der Waals surface area contributed by atoms with Gasteiger partial charge >= 0.3 is 6.18 Å². The largest absolute Gasteiger partial charge is 0.453 e. The molecule has 1 aromatic carbocycles. The number of furan rings is 1. The van der Waals surface area contributed by atoms with Crippen LogP contribution in [-0.4, -0.2) is 6.54 Å². The molecular formula is C15H15ClF3NO. The van der Waals surface area contributed by atoms with Gasteiger partial charge in [0.05, 0.1) is 17.9 Å². The highest BCUT2D eigenvalue weighted by atomic mass is 35.5. The monoisotopic (exact) mass is 317 g/mol. The molecule has 1 aromatic heterocycles. The van der Waals surface area contributed by atoms with Crippen LogP contribution in [0.2, 0.25) is 5.22 Å². The number of halogens is 4. The summed E-state index contributed by atoms with van der Waals surface area (Å²) in [6.45, 7) is 2.72. The lowest BCUT2D eigenvalue weighted by Gasteiger charge is -2.19. The maximum absolute atomic E-state index is 12.6. The van der Waals surface area contributed by atoms with E-state index in [1.165, 1.54) is 18.4 Å². The van der Waals surface area contributed by atoms with E-state index in [1.54, 1.807) is 6.07 Å². The van der Waals surface area contributed by atoms with Gasteiger partial charge in [0.25, 0.3) is 0 Å². The fourth-order valence-electron chi connectivity index (χ4n) is 2.07. The summed E-state index contributed by atoms with van der Waals surface area (Å²) in [6.07, 6.45) is -1.98. The summed E-state index contributed by atoms with van der Waals surface area (Å²) < 4.78 is 42.9. The van der Waals surface area contributed by atoms with Crippen LogP contribution < -0.4 is 5.32 Å². The molecule has 1 heterocycles. The Bertz CT molecular complexity index is 577. The summed E-state index contributed by atoms with van der Waals surface area (Å²) in [5, 5.41) is 3.50. The highest BCUT2D eigenvalue weighted by Gasteiger charge is 2.30. The van der Waals surface area contributed by atoms with Gasteiger partial charge in [0.15, 0.2) is 5.22 Å². The fraction of sp³-hybridized carbons (Fsp3) is 0.333. The molecule has 6 heteroatoms. The Balaban J connectivity index is 2.31. The molecule has 0 bridgehead atoms. The third-order valence-electron chi connectivity index (χ3n) is 3.13. The van der Waals surface area contributed by atoms with E-state index in [4.69, 9.17) is 16.0 Å². The van der Waals surface area contributed by atoms with E-state index in [-0.39, 0.29) is 11.3 Å². The van der Waals surface area contributed by atoms with E-state index in [2.05, 4.69) is 5.32 Å². The molecule has 2 aromatic rings. The van der Waals surface area contributed by atoms with Gasteiger partial charge in [-0.1, -0.05) is 19.1 Å². The highest BCUT2D eigenvalue weighted by Crippen LogP contribution is 2.33. The number of rotatable bonds is 5. The Morgan fingerprint density at radius 2 is 1.86 bits per heavy atom. The SMILES string of the molecule is CCCNC(c1ccc(C(F)(F)F)cc1)c1ccoc1Cl. The van der Waals surface area contributed by atoms with E-state index >= 15 is 0 Å². The quantitative estimate of drug-likeness (QED) is 0.835. The van der Waals surface area contributed by atoms with Crippen LogP contribution in [-0.2, 0) is 6.18 Å². The topological polar surface area (TPSA) is 25.2 Å². The van der Waals surface area contributed by atoms with Crippen molar-refractivity contribution in [2.24, 2.45) is 0 Å². The molecule has 0 fully saturated rings. The maximum Gasteiger partial charge on any atom is 0.416 e. The van der Waals surface area contributed by atoms with Gasteiger partial charge < -0.3 is 9.73 Å². The lowest BCUT2D eigenvalue weighted by molar-refractivity contribution is -0.137. The van der Waals surface area contributed by atoms with E-state index < -0.39 is 11.7 Å². The van der Waals surface area contributed by atoms with Gasteiger partial charge in [-0.3, -0.25) is 0 Å². The molecule has 1 atom stereocenters. The summed E-state index contributed by atoms with van der Waals surface area (Å²) in [5.41, 5.74) is 0.753. The van der Waals surface area contributed by atoms with Crippen LogP contribution in [0.4, 0.5) is 13.2 Å². The number of alkyl halides is 3. The second kappa shape index (κ2) is 6.54. The van der Waals surface area contributed by atoms with Crippen LogP contribution >= 0.6 is 11.6 Å². The minimum Gasteiger partial charge on any atom is -0.453 e. The minimum atomic E-state index is -4.34. The van der Waals surface area contributed by atoms with Crippen molar-refractivity contribution in [1.82, 2.24) is 5.32 Å². The third kappa shape index (κ3) is 3.80. The van der Waals surface area contributed by atoms with Gasteiger partial charge in [-0.15, -0.1) is 0 Å². The second-order valence-electron chi connectivity index (χ2n) is 4.66. The molecular weight excluding hydrogens is 303 g/mol. The average molecular weight is 318 g/mol. The maximum atomic E-state index is 12.6. The van der Waals surface area contributed by atoms with Crippen LogP contribution in [0, 0.1) is 0 Å². The van der Waals surface area contributed by atoms with Crippen LogP contribution in [0.15, 0.2) is 41.0 Å². The first-order chi connectivity index (χ1) is 9.93. The Hall–Kier alpha value is -1.46. The Morgan fingerprint density at radius 1 is 1.19 bits per heavy atom. The van der Waals surface area contributed by atoms with Crippen molar-refractivity contribution in [3.05, 3.63) is 58.5 Å². The van der Waals surface area contributed by atoms with Crippen molar-refractivity contribution in [2.45, 2.75) is 25.6 Å². The van der Waals surface area contributed by atoms with Crippen molar-refractivity contribution < 1.29 is 17.6 Å². The smallest absolute Gasteiger partial charge is 0.416 e. The zero-order valence-electron chi connectivity index (χ0n) is 11.4. The molecule has 0 saturated carbocycles. The first-order valence-electron chi connectivity index (χ1n) is 6.57. The lowest BCUT2D eigenvalue weighted by atomic mass is 9.99. The summed E-state index contributed by atoms with van der Waals surface area (Å²) in [5.74, 6) is 0. The number of nitrogens with one attached hydrogen (secondary N) is 1. The minimum absolute atomic E-state index is 0.239. The third-order valence-corrected chi connectivity index (χ3v) is 3.43. The zero-order chi connectivity index (χ0) is 15.5. The molecule has 21 heavy (non-hydrogen) atoms. The summed E-state index contributed by atoms with van der Waals surface area (Å²) in [4.78, 5) is 0. The van der Waals surface area contributed by atoms with Crippen LogP contribution in [0.3, 0.4) is 0 Å². The van der Waals surface area contributed by atoms with E-state index in [0.717, 1.165) is 18.6 Å². The average Bonchev–Trinajstić information content (AvgIpc) is 2.85. The van der Waals surface area contributed by atoms with Gasteiger partial charge in [0, 0.05) is 5.56 Å². The van der Waals surface area contributed by atoms with Gasteiger partial charge in [0.2, 0.25) is 0 Å². The van der Waals surface area contributed by atoms with Crippen molar-refractivity contribution in [2.75, 3.05) is 6.54 Å². The predicted molar refractivity (Wildman–Crippen MR) is 75.3 cm³/mol. The molecule has 2 rings (SSSR count). The summed E-state index contributed by atoms with van der Waals surface area (Å²) in [6, 6.07) is 6.48. The normalized spacial score (nSPS) is 13.4. The van der Waals surface area contributed by atoms with Crippen LogP contribution in [0.5, 0.6) is 0 Å². The van der Waals surface area contributed by atoms with Crippen LogP contribution in [0.25, 0.3) is 0 Å². The molecule has 0 spiro atoms.